The van der Waals surface area contributed by atoms with E-state index in [1.807, 2.05) is 0 Å². The first-order valence-corrected chi connectivity index (χ1v) is 7.02. The number of halogens is 2. The number of benzene rings is 2. The highest BCUT2D eigenvalue weighted by molar-refractivity contribution is 7.80. The molecule has 0 radical (unpaired) electrons. The minimum atomic E-state index is -0.449. The zero-order valence-corrected chi connectivity index (χ0v) is 12.9. The third kappa shape index (κ3) is 4.16. The van der Waals surface area contributed by atoms with Gasteiger partial charge in [-0.15, -0.1) is 0 Å². The van der Waals surface area contributed by atoms with Crippen LogP contribution in [0.1, 0.15) is 15.9 Å². The molecular weight excluding hydrogens is 327 g/mol. The molecule has 1 amide bonds. The summed E-state index contributed by atoms with van der Waals surface area (Å²) in [7, 11) is 0. The van der Waals surface area contributed by atoms with Crippen LogP contribution in [0.25, 0.3) is 0 Å². The fourth-order valence-corrected chi connectivity index (χ4v) is 2.05. The normalized spacial score (nSPS) is 10.1. The molecule has 0 saturated carbocycles. The van der Waals surface area contributed by atoms with Gasteiger partial charge in [-0.05, 0) is 42.5 Å². The second kappa shape index (κ2) is 7.20. The molecule has 2 rings (SSSR count). The smallest absolute Gasteiger partial charge is 0.257 e. The lowest BCUT2D eigenvalue weighted by Gasteiger charge is -2.10. The number of carbonyl (C=O) groups is 1. The van der Waals surface area contributed by atoms with E-state index in [9.17, 15) is 9.18 Å². The van der Waals surface area contributed by atoms with Gasteiger partial charge in [-0.2, -0.15) is 0 Å². The predicted octanol–water partition coefficient (Wildman–Crippen LogP) is 3.03. The molecule has 0 aromatic heterocycles. The molecule has 0 spiro atoms. The summed E-state index contributed by atoms with van der Waals surface area (Å²) < 4.78 is 19.1. The second-order valence-electron chi connectivity index (χ2n) is 4.34. The summed E-state index contributed by atoms with van der Waals surface area (Å²) >= 11 is 10.5. The number of rotatable bonds is 4. The van der Waals surface area contributed by atoms with Gasteiger partial charge in [-0.1, -0.05) is 23.7 Å². The number of nitrogens with one attached hydrogen (secondary N) is 1. The van der Waals surface area contributed by atoms with E-state index in [0.717, 1.165) is 0 Å². The van der Waals surface area contributed by atoms with Crippen molar-refractivity contribution in [2.24, 2.45) is 5.73 Å². The van der Waals surface area contributed by atoms with Gasteiger partial charge >= 0.3 is 0 Å². The molecule has 7 heteroatoms. The maximum absolute atomic E-state index is 13.6. The molecule has 0 unspecified atom stereocenters. The first-order chi connectivity index (χ1) is 10.5. The fourth-order valence-electron chi connectivity index (χ4n) is 1.74. The van der Waals surface area contributed by atoms with Gasteiger partial charge in [0.1, 0.15) is 18.2 Å². The van der Waals surface area contributed by atoms with Crippen LogP contribution < -0.4 is 15.8 Å². The zero-order valence-electron chi connectivity index (χ0n) is 11.3. The van der Waals surface area contributed by atoms with E-state index in [1.165, 1.54) is 18.2 Å². The van der Waals surface area contributed by atoms with Crippen molar-refractivity contribution in [2.75, 3.05) is 0 Å². The Morgan fingerprint density at radius 2 is 2.05 bits per heavy atom. The fraction of sp³-hybridized carbons (Fsp3) is 0.0667. The van der Waals surface area contributed by atoms with Crippen molar-refractivity contribution in [1.29, 1.82) is 0 Å². The maximum atomic E-state index is 13.6. The van der Waals surface area contributed by atoms with Gasteiger partial charge in [-0.3, -0.25) is 10.1 Å². The number of thiocarbonyl (C=S) groups is 1. The molecule has 0 bridgehead atoms. The number of amides is 1. The molecule has 114 valence electrons. The van der Waals surface area contributed by atoms with Crippen LogP contribution in [0.15, 0.2) is 42.5 Å². The molecule has 2 aromatic carbocycles. The minimum absolute atomic E-state index is 0.0497. The molecular formula is C15H12ClFN2O2S. The first kappa shape index (κ1) is 16.2. The van der Waals surface area contributed by atoms with E-state index in [-0.39, 0.29) is 22.3 Å². The van der Waals surface area contributed by atoms with Crippen molar-refractivity contribution in [3.05, 3.63) is 64.4 Å². The highest BCUT2D eigenvalue weighted by Gasteiger charge is 2.10. The molecule has 0 fully saturated rings. The molecule has 0 heterocycles. The van der Waals surface area contributed by atoms with Crippen molar-refractivity contribution in [1.82, 2.24) is 5.32 Å². The Morgan fingerprint density at radius 3 is 2.73 bits per heavy atom. The van der Waals surface area contributed by atoms with Crippen molar-refractivity contribution in [2.45, 2.75) is 6.61 Å². The Hall–Kier alpha value is -2.18. The Kier molecular flexibility index (Phi) is 5.30. The van der Waals surface area contributed by atoms with Gasteiger partial charge in [0.15, 0.2) is 5.11 Å². The third-order valence-corrected chi connectivity index (χ3v) is 3.23. The third-order valence-electron chi connectivity index (χ3n) is 2.78. The number of hydrogen-bond donors (Lipinski definition) is 2. The van der Waals surface area contributed by atoms with Crippen molar-refractivity contribution in [3.63, 3.8) is 0 Å². The summed E-state index contributed by atoms with van der Waals surface area (Å²) in [5.41, 5.74) is 5.82. The van der Waals surface area contributed by atoms with Gasteiger partial charge in [0.25, 0.3) is 5.91 Å². The van der Waals surface area contributed by atoms with Crippen molar-refractivity contribution >= 4 is 34.8 Å². The topological polar surface area (TPSA) is 64.3 Å². The van der Waals surface area contributed by atoms with Crippen LogP contribution >= 0.6 is 23.8 Å². The lowest BCUT2D eigenvalue weighted by atomic mass is 10.2. The largest absolute Gasteiger partial charge is 0.489 e. The SMILES string of the molecule is NC(=S)NC(=O)c1cccc(OCc2c(F)cccc2Cl)c1. The lowest BCUT2D eigenvalue weighted by molar-refractivity contribution is 0.0977. The van der Waals surface area contributed by atoms with Gasteiger partial charge in [-0.25, -0.2) is 4.39 Å². The molecule has 0 aliphatic rings. The lowest BCUT2D eigenvalue weighted by Crippen LogP contribution is -2.34. The van der Waals surface area contributed by atoms with E-state index in [4.69, 9.17) is 22.1 Å². The van der Waals surface area contributed by atoms with Gasteiger partial charge < -0.3 is 10.5 Å². The quantitative estimate of drug-likeness (QED) is 0.841. The van der Waals surface area contributed by atoms with Crippen LogP contribution in [0, 0.1) is 5.82 Å². The number of nitrogens with two attached hydrogens (primary N) is 1. The van der Waals surface area contributed by atoms with Gasteiger partial charge in [0.05, 0.1) is 5.02 Å². The first-order valence-electron chi connectivity index (χ1n) is 6.24. The number of carbonyl (C=O) groups excluding carboxylic acids is 1. The van der Waals surface area contributed by atoms with Crippen LogP contribution in [0.3, 0.4) is 0 Å². The van der Waals surface area contributed by atoms with Crippen LogP contribution in [-0.2, 0) is 6.61 Å². The molecule has 3 N–H and O–H groups in total. The summed E-state index contributed by atoms with van der Waals surface area (Å²) in [6, 6.07) is 10.8. The van der Waals surface area contributed by atoms with Crippen LogP contribution in [0.4, 0.5) is 4.39 Å². The van der Waals surface area contributed by atoms with E-state index in [2.05, 4.69) is 17.5 Å². The Bertz CT molecular complexity index is 704. The van der Waals surface area contributed by atoms with E-state index in [0.29, 0.717) is 11.3 Å². The Morgan fingerprint density at radius 1 is 1.32 bits per heavy atom. The summed E-state index contributed by atoms with van der Waals surface area (Å²) in [5.74, 6) is -0.494. The summed E-state index contributed by atoms with van der Waals surface area (Å²) in [4.78, 5) is 11.8. The molecule has 0 atom stereocenters. The van der Waals surface area contributed by atoms with E-state index in [1.54, 1.807) is 24.3 Å². The molecule has 2 aromatic rings. The van der Waals surface area contributed by atoms with Crippen LogP contribution in [0.2, 0.25) is 5.02 Å². The molecule has 4 nitrogen and oxygen atoms in total. The van der Waals surface area contributed by atoms with E-state index < -0.39 is 11.7 Å². The molecule has 0 aliphatic heterocycles. The monoisotopic (exact) mass is 338 g/mol. The van der Waals surface area contributed by atoms with Crippen LogP contribution in [-0.4, -0.2) is 11.0 Å². The minimum Gasteiger partial charge on any atom is -0.489 e. The zero-order chi connectivity index (χ0) is 16.1. The van der Waals surface area contributed by atoms with Crippen LogP contribution in [0.5, 0.6) is 5.75 Å². The Labute approximate surface area is 137 Å². The van der Waals surface area contributed by atoms with E-state index >= 15 is 0 Å². The molecule has 22 heavy (non-hydrogen) atoms. The number of hydrogen-bond acceptors (Lipinski definition) is 3. The summed E-state index contributed by atoms with van der Waals surface area (Å²) in [5, 5.41) is 2.48. The number of ether oxygens (including phenoxy) is 1. The maximum Gasteiger partial charge on any atom is 0.257 e. The molecule has 0 saturated heterocycles. The highest BCUT2D eigenvalue weighted by Crippen LogP contribution is 2.22. The average Bonchev–Trinajstić information content (AvgIpc) is 2.46. The predicted molar refractivity (Wildman–Crippen MR) is 86.4 cm³/mol. The van der Waals surface area contributed by atoms with Crippen molar-refractivity contribution in [3.8, 4) is 5.75 Å². The molecule has 0 aliphatic carbocycles. The van der Waals surface area contributed by atoms with Gasteiger partial charge in [0.2, 0.25) is 0 Å². The average molecular weight is 339 g/mol. The summed E-state index contributed by atoms with van der Waals surface area (Å²) in [6.45, 7) is -0.0497. The van der Waals surface area contributed by atoms with Gasteiger partial charge in [0, 0.05) is 11.1 Å². The highest BCUT2D eigenvalue weighted by atomic mass is 35.5. The standard InChI is InChI=1S/C15H12ClFN2O2S/c16-12-5-2-6-13(17)11(12)8-21-10-4-1-3-9(7-10)14(20)19-15(18)22/h1-7H,8H2,(H3,18,19,20,22). The van der Waals surface area contributed by atoms with Crippen molar-refractivity contribution < 1.29 is 13.9 Å². The Balaban J connectivity index is 2.11. The summed E-state index contributed by atoms with van der Waals surface area (Å²) in [6.07, 6.45) is 0. The second-order valence-corrected chi connectivity index (χ2v) is 5.18.